The van der Waals surface area contributed by atoms with Crippen molar-refractivity contribution in [3.05, 3.63) is 40.4 Å². The molecule has 3 rings (SSSR count). The molecule has 1 aliphatic rings. The van der Waals surface area contributed by atoms with E-state index in [0.717, 1.165) is 18.4 Å². The zero-order chi connectivity index (χ0) is 15.7. The van der Waals surface area contributed by atoms with E-state index < -0.39 is 0 Å². The number of benzene rings is 1. The standard InChI is InChI=1S/C15H17BrN4O2/c1-10-6-12(14(21)13(16)7-10)15(22)19-4-2-11(3-5-19)20-9-17-8-18-20/h6-9,11,21H,2-5H2,1H3. The highest BCUT2D eigenvalue weighted by Gasteiger charge is 2.27. The monoisotopic (exact) mass is 364 g/mol. The van der Waals surface area contributed by atoms with Gasteiger partial charge in [0.05, 0.1) is 16.1 Å². The molecule has 6 nitrogen and oxygen atoms in total. The van der Waals surface area contributed by atoms with Crippen molar-refractivity contribution >= 4 is 21.8 Å². The lowest BCUT2D eigenvalue weighted by Crippen LogP contribution is -2.39. The van der Waals surface area contributed by atoms with Crippen LogP contribution in [0.2, 0.25) is 0 Å². The van der Waals surface area contributed by atoms with E-state index in [9.17, 15) is 9.90 Å². The number of carbonyl (C=O) groups excluding carboxylic acids is 1. The van der Waals surface area contributed by atoms with E-state index in [0.29, 0.717) is 23.1 Å². The van der Waals surface area contributed by atoms with Gasteiger partial charge in [-0.15, -0.1) is 0 Å². The van der Waals surface area contributed by atoms with Gasteiger partial charge in [-0.1, -0.05) is 0 Å². The molecule has 2 aromatic rings. The first kappa shape index (κ1) is 15.0. The lowest BCUT2D eigenvalue weighted by molar-refractivity contribution is 0.0686. The number of hydrogen-bond acceptors (Lipinski definition) is 4. The van der Waals surface area contributed by atoms with Crippen LogP contribution in [-0.2, 0) is 0 Å². The summed E-state index contributed by atoms with van der Waals surface area (Å²) in [5, 5.41) is 14.3. The molecule has 1 aliphatic heterocycles. The van der Waals surface area contributed by atoms with Crippen LogP contribution in [0.15, 0.2) is 29.3 Å². The number of likely N-dealkylation sites (tertiary alicyclic amines) is 1. The Morgan fingerprint density at radius 1 is 1.36 bits per heavy atom. The average molecular weight is 365 g/mol. The first-order valence-corrected chi connectivity index (χ1v) is 7.98. The number of nitrogens with zero attached hydrogens (tertiary/aromatic N) is 4. The number of phenolic OH excluding ortho intramolecular Hbond substituents is 1. The number of aryl methyl sites for hydroxylation is 1. The van der Waals surface area contributed by atoms with Crippen molar-refractivity contribution in [3.8, 4) is 5.75 Å². The van der Waals surface area contributed by atoms with Gasteiger partial charge in [0.2, 0.25) is 0 Å². The van der Waals surface area contributed by atoms with Crippen LogP contribution in [0.4, 0.5) is 0 Å². The largest absolute Gasteiger partial charge is 0.506 e. The Morgan fingerprint density at radius 3 is 2.73 bits per heavy atom. The van der Waals surface area contributed by atoms with Crippen molar-refractivity contribution in [2.45, 2.75) is 25.8 Å². The Bertz CT molecular complexity index is 679. The van der Waals surface area contributed by atoms with Gasteiger partial charge in [0, 0.05) is 13.1 Å². The minimum atomic E-state index is -0.126. The van der Waals surface area contributed by atoms with Crippen molar-refractivity contribution in [1.29, 1.82) is 0 Å². The van der Waals surface area contributed by atoms with Crippen molar-refractivity contribution < 1.29 is 9.90 Å². The second kappa shape index (κ2) is 6.08. The second-order valence-electron chi connectivity index (χ2n) is 5.54. The van der Waals surface area contributed by atoms with Crippen LogP contribution in [0.25, 0.3) is 0 Å². The summed E-state index contributed by atoms with van der Waals surface area (Å²) in [6, 6.07) is 3.80. The molecular weight excluding hydrogens is 348 g/mol. The van der Waals surface area contributed by atoms with Crippen LogP contribution < -0.4 is 0 Å². The zero-order valence-corrected chi connectivity index (χ0v) is 13.8. The number of hydrogen-bond donors (Lipinski definition) is 1. The van der Waals surface area contributed by atoms with E-state index in [4.69, 9.17) is 0 Å². The molecule has 1 N–H and O–H groups in total. The zero-order valence-electron chi connectivity index (χ0n) is 12.2. The third kappa shape index (κ3) is 2.85. The molecule has 2 heterocycles. The molecule has 0 atom stereocenters. The number of aromatic nitrogens is 3. The molecule has 1 aromatic heterocycles. The Morgan fingerprint density at radius 2 is 2.09 bits per heavy atom. The summed E-state index contributed by atoms with van der Waals surface area (Å²) in [5.41, 5.74) is 1.29. The van der Waals surface area contributed by atoms with Gasteiger partial charge in [0.15, 0.2) is 0 Å². The SMILES string of the molecule is Cc1cc(Br)c(O)c(C(=O)N2CCC(n3cncn3)CC2)c1. The highest BCUT2D eigenvalue weighted by Crippen LogP contribution is 2.31. The van der Waals surface area contributed by atoms with Gasteiger partial charge in [-0.2, -0.15) is 5.10 Å². The van der Waals surface area contributed by atoms with Gasteiger partial charge < -0.3 is 10.0 Å². The van der Waals surface area contributed by atoms with Crippen molar-refractivity contribution in [2.75, 3.05) is 13.1 Å². The summed E-state index contributed by atoms with van der Waals surface area (Å²) in [5.74, 6) is -0.118. The van der Waals surface area contributed by atoms with Crippen molar-refractivity contribution in [1.82, 2.24) is 19.7 Å². The molecule has 0 bridgehead atoms. The Hall–Kier alpha value is -1.89. The molecule has 1 saturated heterocycles. The van der Waals surface area contributed by atoms with E-state index in [1.165, 1.54) is 6.33 Å². The van der Waals surface area contributed by atoms with Crippen LogP contribution in [0.3, 0.4) is 0 Å². The van der Waals surface area contributed by atoms with E-state index in [2.05, 4.69) is 26.0 Å². The third-order valence-corrected chi connectivity index (χ3v) is 4.61. The fraction of sp³-hybridized carbons (Fsp3) is 0.400. The fourth-order valence-electron chi connectivity index (χ4n) is 2.81. The molecule has 1 aromatic carbocycles. The van der Waals surface area contributed by atoms with Gasteiger partial charge in [-0.05, 0) is 53.4 Å². The van der Waals surface area contributed by atoms with Gasteiger partial charge in [0.1, 0.15) is 18.4 Å². The number of carbonyl (C=O) groups is 1. The molecule has 1 fully saturated rings. The number of aromatic hydroxyl groups is 1. The van der Waals surface area contributed by atoms with Crippen LogP contribution >= 0.6 is 15.9 Å². The molecule has 7 heteroatoms. The molecule has 0 saturated carbocycles. The number of halogens is 1. The maximum atomic E-state index is 12.6. The molecule has 116 valence electrons. The minimum absolute atomic E-state index is 0.00833. The molecule has 0 spiro atoms. The predicted octanol–water partition coefficient (Wildman–Crippen LogP) is 2.53. The van der Waals surface area contributed by atoms with Crippen LogP contribution in [0, 0.1) is 6.92 Å². The fourth-order valence-corrected chi connectivity index (χ4v) is 3.38. The average Bonchev–Trinajstić information content (AvgIpc) is 3.05. The van der Waals surface area contributed by atoms with E-state index in [-0.39, 0.29) is 17.7 Å². The Kier molecular flexibility index (Phi) is 4.15. The quantitative estimate of drug-likeness (QED) is 0.888. The van der Waals surface area contributed by atoms with Gasteiger partial charge in [0.25, 0.3) is 5.91 Å². The molecular formula is C15H17BrN4O2. The number of phenols is 1. The molecule has 0 radical (unpaired) electrons. The lowest BCUT2D eigenvalue weighted by atomic mass is 10.0. The highest BCUT2D eigenvalue weighted by atomic mass is 79.9. The normalized spacial score (nSPS) is 16.0. The van der Waals surface area contributed by atoms with Crippen LogP contribution in [0.5, 0.6) is 5.75 Å². The lowest BCUT2D eigenvalue weighted by Gasteiger charge is -2.32. The van der Waals surface area contributed by atoms with Gasteiger partial charge >= 0.3 is 0 Å². The Labute approximate surface area is 136 Å². The van der Waals surface area contributed by atoms with E-state index in [1.807, 2.05) is 11.6 Å². The minimum Gasteiger partial charge on any atom is -0.506 e. The summed E-state index contributed by atoms with van der Waals surface area (Å²) in [7, 11) is 0. The Balaban J connectivity index is 1.72. The molecule has 1 amide bonds. The number of rotatable bonds is 2. The van der Waals surface area contributed by atoms with E-state index in [1.54, 1.807) is 23.4 Å². The van der Waals surface area contributed by atoms with Gasteiger partial charge in [-0.3, -0.25) is 4.79 Å². The van der Waals surface area contributed by atoms with Crippen molar-refractivity contribution in [2.24, 2.45) is 0 Å². The predicted molar refractivity (Wildman–Crippen MR) is 84.7 cm³/mol. The van der Waals surface area contributed by atoms with Crippen LogP contribution in [-0.4, -0.2) is 43.8 Å². The maximum Gasteiger partial charge on any atom is 0.257 e. The summed E-state index contributed by atoms with van der Waals surface area (Å²) in [6.45, 7) is 3.20. The highest BCUT2D eigenvalue weighted by molar-refractivity contribution is 9.10. The second-order valence-corrected chi connectivity index (χ2v) is 6.40. The summed E-state index contributed by atoms with van der Waals surface area (Å²) >= 11 is 3.29. The summed E-state index contributed by atoms with van der Waals surface area (Å²) in [6.07, 6.45) is 4.91. The molecule has 0 aliphatic carbocycles. The van der Waals surface area contributed by atoms with E-state index >= 15 is 0 Å². The van der Waals surface area contributed by atoms with Crippen LogP contribution in [0.1, 0.15) is 34.8 Å². The summed E-state index contributed by atoms with van der Waals surface area (Å²) < 4.78 is 2.40. The van der Waals surface area contributed by atoms with Gasteiger partial charge in [-0.25, -0.2) is 9.67 Å². The molecule has 22 heavy (non-hydrogen) atoms. The molecule has 0 unspecified atom stereocenters. The first-order chi connectivity index (χ1) is 10.6. The number of piperidine rings is 1. The van der Waals surface area contributed by atoms with Crippen molar-refractivity contribution in [3.63, 3.8) is 0 Å². The third-order valence-electron chi connectivity index (χ3n) is 4.00. The summed E-state index contributed by atoms with van der Waals surface area (Å²) in [4.78, 5) is 18.4. The topological polar surface area (TPSA) is 71.2 Å². The first-order valence-electron chi connectivity index (χ1n) is 7.18. The number of amides is 1. The maximum absolute atomic E-state index is 12.6. The smallest absolute Gasteiger partial charge is 0.257 e.